The number of nitrogens with zero attached hydrogens (tertiary/aromatic N) is 1. The van der Waals surface area contributed by atoms with E-state index in [1.165, 1.54) is 0 Å². The van der Waals surface area contributed by atoms with E-state index in [9.17, 15) is 9.59 Å². The van der Waals surface area contributed by atoms with Gasteiger partial charge in [-0.3, -0.25) is 4.79 Å². The van der Waals surface area contributed by atoms with Crippen molar-refractivity contribution in [2.75, 3.05) is 32.8 Å². The van der Waals surface area contributed by atoms with Crippen LogP contribution in [0.5, 0.6) is 0 Å². The van der Waals surface area contributed by atoms with Gasteiger partial charge in [-0.1, -0.05) is 13.8 Å². The molecule has 116 valence electrons. The Morgan fingerprint density at radius 2 is 1.95 bits per heavy atom. The fourth-order valence-electron chi connectivity index (χ4n) is 2.17. The summed E-state index contributed by atoms with van der Waals surface area (Å²) in [5.74, 6) is 0.566. The fourth-order valence-corrected chi connectivity index (χ4v) is 2.17. The Morgan fingerprint density at radius 1 is 1.30 bits per heavy atom. The van der Waals surface area contributed by atoms with Gasteiger partial charge in [-0.25, -0.2) is 4.79 Å². The van der Waals surface area contributed by atoms with Crippen molar-refractivity contribution in [3.8, 4) is 0 Å². The van der Waals surface area contributed by atoms with Crippen LogP contribution >= 0.6 is 0 Å². The van der Waals surface area contributed by atoms with Crippen LogP contribution in [0, 0.1) is 5.92 Å². The van der Waals surface area contributed by atoms with Crippen molar-refractivity contribution in [1.82, 2.24) is 15.5 Å². The molecule has 6 heteroatoms. The van der Waals surface area contributed by atoms with E-state index < -0.39 is 0 Å². The number of likely N-dealkylation sites (tertiary alicyclic amines) is 1. The summed E-state index contributed by atoms with van der Waals surface area (Å²) in [7, 11) is 0. The quantitative estimate of drug-likeness (QED) is 0.763. The average Bonchev–Trinajstić information content (AvgIpc) is 2.39. The lowest BCUT2D eigenvalue weighted by molar-refractivity contribution is -0.121. The Labute approximate surface area is 121 Å². The highest BCUT2D eigenvalue weighted by Gasteiger charge is 2.24. The molecule has 2 amide bonds. The molecule has 1 heterocycles. The Bertz CT molecular complexity index is 313. The Balaban J connectivity index is 2.18. The second kappa shape index (κ2) is 8.79. The summed E-state index contributed by atoms with van der Waals surface area (Å²) < 4.78 is 4.96. The Hall–Kier alpha value is -1.30. The third kappa shape index (κ3) is 6.23. The largest absolute Gasteiger partial charge is 0.450 e. The molecule has 0 spiro atoms. The van der Waals surface area contributed by atoms with Crippen LogP contribution in [0.25, 0.3) is 0 Å². The Kier molecular flexibility index (Phi) is 7.36. The summed E-state index contributed by atoms with van der Waals surface area (Å²) in [5, 5.41) is 6.13. The van der Waals surface area contributed by atoms with Crippen molar-refractivity contribution >= 4 is 12.0 Å². The fraction of sp³-hybridized carbons (Fsp3) is 0.857. The number of nitrogens with one attached hydrogen (secondary N) is 2. The number of piperidine rings is 1. The molecule has 0 radical (unpaired) electrons. The van der Waals surface area contributed by atoms with Crippen LogP contribution in [-0.4, -0.2) is 55.7 Å². The molecule has 0 aromatic rings. The number of carbonyl (C=O) groups excluding carboxylic acids is 2. The molecule has 0 aromatic heterocycles. The van der Waals surface area contributed by atoms with Gasteiger partial charge in [0, 0.05) is 19.1 Å². The third-order valence-corrected chi connectivity index (χ3v) is 3.22. The maximum atomic E-state index is 11.7. The number of rotatable bonds is 6. The monoisotopic (exact) mass is 285 g/mol. The normalized spacial score (nSPS) is 16.3. The van der Waals surface area contributed by atoms with E-state index in [-0.39, 0.29) is 18.0 Å². The van der Waals surface area contributed by atoms with Crippen molar-refractivity contribution in [1.29, 1.82) is 0 Å². The number of carbonyl (C=O) groups is 2. The summed E-state index contributed by atoms with van der Waals surface area (Å²) in [6.45, 7) is 8.90. The third-order valence-electron chi connectivity index (χ3n) is 3.22. The minimum Gasteiger partial charge on any atom is -0.450 e. The van der Waals surface area contributed by atoms with Gasteiger partial charge in [0.2, 0.25) is 5.91 Å². The van der Waals surface area contributed by atoms with Gasteiger partial charge in [0.15, 0.2) is 0 Å². The molecule has 1 saturated heterocycles. The van der Waals surface area contributed by atoms with Crippen LogP contribution in [0.2, 0.25) is 0 Å². The second-order valence-corrected chi connectivity index (χ2v) is 5.55. The number of hydrogen-bond acceptors (Lipinski definition) is 4. The Morgan fingerprint density at radius 3 is 2.50 bits per heavy atom. The predicted molar refractivity (Wildman–Crippen MR) is 77.5 cm³/mol. The number of hydrogen-bond donors (Lipinski definition) is 2. The van der Waals surface area contributed by atoms with Crippen molar-refractivity contribution < 1.29 is 14.3 Å². The summed E-state index contributed by atoms with van der Waals surface area (Å²) in [4.78, 5) is 25.0. The first-order valence-corrected chi connectivity index (χ1v) is 7.44. The zero-order valence-electron chi connectivity index (χ0n) is 12.8. The van der Waals surface area contributed by atoms with Crippen LogP contribution < -0.4 is 10.6 Å². The van der Waals surface area contributed by atoms with E-state index >= 15 is 0 Å². The lowest BCUT2D eigenvalue weighted by atomic mass is 10.1. The number of ether oxygens (including phenoxy) is 1. The van der Waals surface area contributed by atoms with Crippen LogP contribution in [0.15, 0.2) is 0 Å². The van der Waals surface area contributed by atoms with E-state index in [1.54, 1.807) is 11.8 Å². The molecular weight excluding hydrogens is 258 g/mol. The summed E-state index contributed by atoms with van der Waals surface area (Å²) in [5.41, 5.74) is 0. The first-order chi connectivity index (χ1) is 9.52. The minimum atomic E-state index is -0.254. The number of amides is 2. The van der Waals surface area contributed by atoms with Gasteiger partial charge in [-0.15, -0.1) is 0 Å². The van der Waals surface area contributed by atoms with Gasteiger partial charge in [-0.05, 0) is 32.2 Å². The molecule has 6 nitrogen and oxygen atoms in total. The maximum Gasteiger partial charge on any atom is 0.409 e. The smallest absolute Gasteiger partial charge is 0.409 e. The molecule has 0 bridgehead atoms. The first-order valence-electron chi connectivity index (χ1n) is 7.44. The van der Waals surface area contributed by atoms with E-state index in [2.05, 4.69) is 24.5 Å². The molecule has 1 rings (SSSR count). The van der Waals surface area contributed by atoms with Gasteiger partial charge in [0.05, 0.1) is 13.2 Å². The molecule has 2 N–H and O–H groups in total. The topological polar surface area (TPSA) is 70.7 Å². The van der Waals surface area contributed by atoms with Crippen LogP contribution in [0.1, 0.15) is 33.6 Å². The molecule has 0 saturated carbocycles. The molecule has 0 aromatic carbocycles. The molecule has 0 atom stereocenters. The highest BCUT2D eigenvalue weighted by atomic mass is 16.6. The average molecular weight is 285 g/mol. The van der Waals surface area contributed by atoms with Crippen molar-refractivity contribution in [2.24, 2.45) is 5.92 Å². The van der Waals surface area contributed by atoms with E-state index in [0.29, 0.717) is 32.2 Å². The molecule has 1 fully saturated rings. The SMILES string of the molecule is CCOC(=O)N1CCC(NC(=O)CNCC(C)C)CC1. The zero-order chi connectivity index (χ0) is 15.0. The lowest BCUT2D eigenvalue weighted by Gasteiger charge is -2.31. The van der Waals surface area contributed by atoms with E-state index in [0.717, 1.165) is 19.4 Å². The van der Waals surface area contributed by atoms with Gasteiger partial charge in [0.1, 0.15) is 0 Å². The van der Waals surface area contributed by atoms with Crippen LogP contribution in [0.4, 0.5) is 4.79 Å². The zero-order valence-corrected chi connectivity index (χ0v) is 12.8. The van der Waals surface area contributed by atoms with Crippen molar-refractivity contribution in [3.05, 3.63) is 0 Å². The molecule has 1 aliphatic rings. The maximum absolute atomic E-state index is 11.7. The molecule has 0 unspecified atom stereocenters. The predicted octanol–water partition coefficient (Wildman–Crippen LogP) is 0.969. The van der Waals surface area contributed by atoms with Crippen LogP contribution in [0.3, 0.4) is 0 Å². The molecule has 1 aliphatic heterocycles. The van der Waals surface area contributed by atoms with E-state index in [1.807, 2.05) is 0 Å². The minimum absolute atomic E-state index is 0.0280. The first kappa shape index (κ1) is 16.8. The highest BCUT2D eigenvalue weighted by molar-refractivity contribution is 5.78. The summed E-state index contributed by atoms with van der Waals surface area (Å²) >= 11 is 0. The second-order valence-electron chi connectivity index (χ2n) is 5.55. The van der Waals surface area contributed by atoms with Crippen molar-refractivity contribution in [3.63, 3.8) is 0 Å². The van der Waals surface area contributed by atoms with E-state index in [4.69, 9.17) is 4.74 Å². The molecule has 20 heavy (non-hydrogen) atoms. The standard InChI is InChI=1S/C14H27N3O3/c1-4-20-14(19)17-7-5-12(6-8-17)16-13(18)10-15-9-11(2)3/h11-12,15H,4-10H2,1-3H3,(H,16,18). The highest BCUT2D eigenvalue weighted by Crippen LogP contribution is 2.11. The van der Waals surface area contributed by atoms with Gasteiger partial charge < -0.3 is 20.3 Å². The van der Waals surface area contributed by atoms with Crippen LogP contribution in [-0.2, 0) is 9.53 Å². The van der Waals surface area contributed by atoms with Gasteiger partial charge in [-0.2, -0.15) is 0 Å². The molecule has 0 aliphatic carbocycles. The summed E-state index contributed by atoms with van der Waals surface area (Å²) in [6, 6.07) is 0.161. The van der Waals surface area contributed by atoms with Crippen molar-refractivity contribution in [2.45, 2.75) is 39.7 Å². The van der Waals surface area contributed by atoms with Gasteiger partial charge >= 0.3 is 6.09 Å². The molecular formula is C14H27N3O3. The summed E-state index contributed by atoms with van der Waals surface area (Å²) in [6.07, 6.45) is 1.32. The lowest BCUT2D eigenvalue weighted by Crippen LogP contribution is -2.48. The van der Waals surface area contributed by atoms with Gasteiger partial charge in [0.25, 0.3) is 0 Å².